The highest BCUT2D eigenvalue weighted by atomic mass is 19.3. The van der Waals surface area contributed by atoms with Crippen LogP contribution in [0.5, 0.6) is 5.75 Å². The molecular formula is C20H22BF2N3O5. The first kappa shape index (κ1) is 22.6. The van der Waals surface area contributed by atoms with E-state index in [-0.39, 0.29) is 28.4 Å². The van der Waals surface area contributed by atoms with E-state index in [4.69, 9.17) is 19.8 Å². The molecule has 1 aromatic carbocycles. The lowest BCUT2D eigenvalue weighted by molar-refractivity contribution is -0.0498. The number of rotatable bonds is 5. The molecule has 0 aliphatic carbocycles. The lowest BCUT2D eigenvalue weighted by Gasteiger charge is -2.32. The predicted molar refractivity (Wildman–Crippen MR) is 109 cm³/mol. The minimum absolute atomic E-state index is 0.0257. The summed E-state index contributed by atoms with van der Waals surface area (Å²) in [7, 11) is 0.284. The van der Waals surface area contributed by atoms with E-state index >= 15 is 0 Å². The van der Waals surface area contributed by atoms with E-state index in [1.807, 2.05) is 33.8 Å². The molecule has 2 N–H and O–H groups in total. The molecule has 0 spiro atoms. The molecule has 1 aliphatic rings. The Morgan fingerprint density at radius 1 is 1.23 bits per heavy atom. The quantitative estimate of drug-likeness (QED) is 0.571. The fourth-order valence-corrected chi connectivity index (χ4v) is 3.15. The molecule has 1 saturated heterocycles. The normalized spacial score (nSPS) is 16.9. The summed E-state index contributed by atoms with van der Waals surface area (Å²) in [4.78, 5) is 12.3. The standard InChI is InChI=1S/C20H22BF2N3O5/c1-19(2)20(3,4)31-21(30-19)12-6-13(8-14(7-12)29-18(22)23)26-10-11(9-24)15(25)16(26)17(27)28-5/h6-8,10,18H,25H2,1-5H3. The zero-order chi connectivity index (χ0) is 23.1. The van der Waals surface area contributed by atoms with Gasteiger partial charge >= 0.3 is 19.7 Å². The van der Waals surface area contributed by atoms with Crippen LogP contribution in [0.25, 0.3) is 5.69 Å². The summed E-state index contributed by atoms with van der Waals surface area (Å²) in [5, 5.41) is 9.31. The summed E-state index contributed by atoms with van der Waals surface area (Å²) >= 11 is 0. The van der Waals surface area contributed by atoms with E-state index in [0.717, 1.165) is 7.11 Å². The second kappa shape index (κ2) is 7.87. The van der Waals surface area contributed by atoms with E-state index < -0.39 is 30.9 Å². The molecule has 0 bridgehead atoms. The van der Waals surface area contributed by atoms with Crippen LogP contribution in [0.2, 0.25) is 0 Å². The van der Waals surface area contributed by atoms with Crippen molar-refractivity contribution in [2.75, 3.05) is 12.8 Å². The van der Waals surface area contributed by atoms with Crippen LogP contribution in [0.3, 0.4) is 0 Å². The number of nitrogens with zero attached hydrogens (tertiary/aromatic N) is 2. The Kier molecular flexibility index (Phi) is 5.73. The molecule has 8 nitrogen and oxygen atoms in total. The Hall–Kier alpha value is -3.10. The highest BCUT2D eigenvalue weighted by molar-refractivity contribution is 6.62. The van der Waals surface area contributed by atoms with Crippen molar-refractivity contribution in [1.29, 1.82) is 5.26 Å². The van der Waals surface area contributed by atoms with Crippen LogP contribution in [0.4, 0.5) is 14.5 Å². The lowest BCUT2D eigenvalue weighted by Crippen LogP contribution is -2.41. The number of aromatic nitrogens is 1. The number of hydrogen-bond donors (Lipinski definition) is 1. The van der Waals surface area contributed by atoms with Crippen molar-refractivity contribution in [3.05, 3.63) is 35.7 Å². The molecule has 164 valence electrons. The minimum atomic E-state index is -3.08. The molecule has 11 heteroatoms. The van der Waals surface area contributed by atoms with Gasteiger partial charge in [0.05, 0.1) is 29.6 Å². The van der Waals surface area contributed by atoms with E-state index in [0.29, 0.717) is 5.46 Å². The van der Waals surface area contributed by atoms with Crippen LogP contribution < -0.4 is 15.9 Å². The van der Waals surface area contributed by atoms with E-state index in [1.165, 1.54) is 22.9 Å². The number of hydrogen-bond acceptors (Lipinski definition) is 7. The number of halogens is 2. The SMILES string of the molecule is COC(=O)c1c(N)c(C#N)cn1-c1cc(OC(F)F)cc(B2OC(C)(C)C(C)(C)O2)c1. The van der Waals surface area contributed by atoms with Gasteiger partial charge in [0.25, 0.3) is 0 Å². The van der Waals surface area contributed by atoms with Gasteiger partial charge in [-0.1, -0.05) is 0 Å². The van der Waals surface area contributed by atoms with Crippen LogP contribution >= 0.6 is 0 Å². The van der Waals surface area contributed by atoms with Crippen molar-refractivity contribution in [3.63, 3.8) is 0 Å². The Bertz CT molecular complexity index is 1050. The molecule has 2 heterocycles. The number of methoxy groups -OCH3 is 1. The third-order valence-corrected chi connectivity index (χ3v) is 5.49. The molecule has 0 radical (unpaired) electrons. The summed E-state index contributed by atoms with van der Waals surface area (Å²) in [6, 6.07) is 6.12. The van der Waals surface area contributed by atoms with Crippen molar-refractivity contribution in [3.8, 4) is 17.5 Å². The van der Waals surface area contributed by atoms with Gasteiger partial charge in [-0.15, -0.1) is 0 Å². The summed E-state index contributed by atoms with van der Waals surface area (Å²) in [5.74, 6) is -0.977. The first-order valence-corrected chi connectivity index (χ1v) is 9.35. The third-order valence-electron chi connectivity index (χ3n) is 5.49. The Morgan fingerprint density at radius 3 is 2.35 bits per heavy atom. The molecule has 1 aromatic heterocycles. The van der Waals surface area contributed by atoms with Crippen LogP contribution in [-0.2, 0) is 14.0 Å². The largest absolute Gasteiger partial charge is 0.495 e. The number of esters is 1. The maximum absolute atomic E-state index is 13.0. The summed E-state index contributed by atoms with van der Waals surface area (Å²) in [6.07, 6.45) is 1.32. The van der Waals surface area contributed by atoms with Crippen molar-refractivity contribution < 1.29 is 32.4 Å². The highest BCUT2D eigenvalue weighted by Crippen LogP contribution is 2.37. The molecule has 0 amide bonds. The topological polar surface area (TPSA) is 109 Å². The fourth-order valence-electron chi connectivity index (χ4n) is 3.15. The molecule has 1 fully saturated rings. The number of nitrogen functional groups attached to an aromatic ring is 1. The number of carbonyl (C=O) groups excluding carboxylic acids is 1. The number of carbonyl (C=O) groups is 1. The number of alkyl halides is 2. The molecule has 0 unspecified atom stereocenters. The number of nitriles is 1. The maximum Gasteiger partial charge on any atom is 0.495 e. The average molecular weight is 433 g/mol. The van der Waals surface area contributed by atoms with Crippen LogP contribution in [0.1, 0.15) is 43.7 Å². The predicted octanol–water partition coefficient (Wildman–Crippen LogP) is 2.62. The summed E-state index contributed by atoms with van der Waals surface area (Å²) < 4.78 is 48.6. The molecule has 1 aliphatic heterocycles. The molecule has 31 heavy (non-hydrogen) atoms. The van der Waals surface area contributed by atoms with Gasteiger partial charge in [-0.25, -0.2) is 4.79 Å². The van der Waals surface area contributed by atoms with Gasteiger partial charge in [0, 0.05) is 18.0 Å². The Balaban J connectivity index is 2.18. The first-order chi connectivity index (χ1) is 14.4. The highest BCUT2D eigenvalue weighted by Gasteiger charge is 2.52. The smallest absolute Gasteiger partial charge is 0.464 e. The van der Waals surface area contributed by atoms with Crippen molar-refractivity contribution >= 4 is 24.2 Å². The average Bonchev–Trinajstić information content (AvgIpc) is 3.12. The van der Waals surface area contributed by atoms with Gasteiger partial charge in [-0.2, -0.15) is 14.0 Å². The molecule has 2 aromatic rings. The number of ether oxygens (including phenoxy) is 2. The van der Waals surface area contributed by atoms with Crippen LogP contribution in [-0.4, -0.2) is 42.6 Å². The van der Waals surface area contributed by atoms with Gasteiger partial charge in [0.15, 0.2) is 5.69 Å². The van der Waals surface area contributed by atoms with Crippen LogP contribution in [0.15, 0.2) is 24.4 Å². The number of anilines is 1. The van der Waals surface area contributed by atoms with Gasteiger partial charge in [-0.3, -0.25) is 0 Å². The number of benzene rings is 1. The van der Waals surface area contributed by atoms with Gasteiger partial charge in [0.1, 0.15) is 11.8 Å². The van der Waals surface area contributed by atoms with Crippen LogP contribution in [0, 0.1) is 11.3 Å². The second-order valence-electron chi connectivity index (χ2n) is 8.01. The minimum Gasteiger partial charge on any atom is -0.464 e. The summed E-state index contributed by atoms with van der Waals surface area (Å²) in [5.41, 5.74) is 5.03. The lowest BCUT2D eigenvalue weighted by atomic mass is 9.78. The maximum atomic E-state index is 13.0. The van der Waals surface area contributed by atoms with Crippen molar-refractivity contribution in [1.82, 2.24) is 4.57 Å². The molecule has 0 saturated carbocycles. The monoisotopic (exact) mass is 433 g/mol. The van der Waals surface area contributed by atoms with E-state index in [9.17, 15) is 18.8 Å². The van der Waals surface area contributed by atoms with E-state index in [2.05, 4.69) is 4.74 Å². The third kappa shape index (κ3) is 4.09. The van der Waals surface area contributed by atoms with E-state index in [1.54, 1.807) is 6.07 Å². The van der Waals surface area contributed by atoms with Gasteiger partial charge in [-0.05, 0) is 45.3 Å². The summed E-state index contributed by atoms with van der Waals surface area (Å²) in [6.45, 7) is 4.35. The molecular weight excluding hydrogens is 411 g/mol. The first-order valence-electron chi connectivity index (χ1n) is 9.35. The van der Waals surface area contributed by atoms with Gasteiger partial charge < -0.3 is 29.1 Å². The second-order valence-corrected chi connectivity index (χ2v) is 8.01. The Labute approximate surface area is 178 Å². The van der Waals surface area contributed by atoms with Crippen molar-refractivity contribution in [2.45, 2.75) is 45.5 Å². The zero-order valence-electron chi connectivity index (χ0n) is 17.7. The fraction of sp³-hybridized carbons (Fsp3) is 0.400. The molecule has 0 atom stereocenters. The zero-order valence-corrected chi connectivity index (χ0v) is 17.7. The van der Waals surface area contributed by atoms with Crippen molar-refractivity contribution in [2.24, 2.45) is 0 Å². The molecule has 3 rings (SSSR count). The number of nitrogens with two attached hydrogens (primary N) is 1. The Morgan fingerprint density at radius 2 is 1.84 bits per heavy atom. The van der Waals surface area contributed by atoms with Gasteiger partial charge in [0.2, 0.25) is 0 Å².